The fourth-order valence-corrected chi connectivity index (χ4v) is 1.57. The van der Waals surface area contributed by atoms with Crippen molar-refractivity contribution in [1.29, 1.82) is 0 Å². The molecule has 0 aliphatic rings. The summed E-state index contributed by atoms with van der Waals surface area (Å²) in [6, 6.07) is 10.5. The molecule has 1 heterocycles. The number of H-pyrrole nitrogens is 1. The van der Waals surface area contributed by atoms with Gasteiger partial charge in [-0.15, -0.1) is 0 Å². The number of pyridine rings is 1. The summed E-state index contributed by atoms with van der Waals surface area (Å²) in [5, 5.41) is 9.51. The molecule has 0 saturated heterocycles. The Morgan fingerprint density at radius 2 is 1.87 bits per heavy atom. The predicted octanol–water partition coefficient (Wildman–Crippen LogP) is 2.40. The Morgan fingerprint density at radius 1 is 1.20 bits per heavy atom. The molecule has 3 nitrogen and oxygen atoms in total. The van der Waals surface area contributed by atoms with E-state index in [0.717, 1.165) is 5.56 Å². The lowest BCUT2D eigenvalue weighted by atomic mass is 10.1. The summed E-state index contributed by atoms with van der Waals surface area (Å²) in [6.07, 6.45) is 0. The Balaban J connectivity index is 2.68. The Labute approximate surface area is 91.0 Å². The number of aromatic amines is 1. The largest absolute Gasteiger partial charge is 0.493 e. The maximum absolute atomic E-state index is 11.2. The summed E-state index contributed by atoms with van der Waals surface area (Å²) in [7, 11) is 0. The SMILES string of the molecule is O=c1cc(-c2ccccc2)c(Cl)c(O)[nH]1. The van der Waals surface area contributed by atoms with E-state index in [1.807, 2.05) is 30.3 Å². The quantitative estimate of drug-likeness (QED) is 0.777. The van der Waals surface area contributed by atoms with Gasteiger partial charge in [-0.3, -0.25) is 9.78 Å². The molecular weight excluding hydrogens is 214 g/mol. The van der Waals surface area contributed by atoms with Gasteiger partial charge >= 0.3 is 0 Å². The van der Waals surface area contributed by atoms with E-state index in [4.69, 9.17) is 11.6 Å². The second-order valence-corrected chi connectivity index (χ2v) is 3.45. The van der Waals surface area contributed by atoms with E-state index in [0.29, 0.717) is 5.56 Å². The number of hydrogen-bond acceptors (Lipinski definition) is 2. The molecule has 1 aromatic heterocycles. The minimum Gasteiger partial charge on any atom is -0.493 e. The molecular formula is C11H8ClNO2. The van der Waals surface area contributed by atoms with Gasteiger partial charge in [-0.2, -0.15) is 0 Å². The molecule has 76 valence electrons. The first kappa shape index (κ1) is 9.80. The first-order valence-electron chi connectivity index (χ1n) is 4.35. The lowest BCUT2D eigenvalue weighted by Crippen LogP contribution is -2.04. The molecule has 0 amide bonds. The van der Waals surface area contributed by atoms with Crippen molar-refractivity contribution in [1.82, 2.24) is 4.98 Å². The smallest absolute Gasteiger partial charge is 0.251 e. The fourth-order valence-electron chi connectivity index (χ4n) is 1.36. The van der Waals surface area contributed by atoms with E-state index < -0.39 is 0 Å². The maximum Gasteiger partial charge on any atom is 0.251 e. The van der Waals surface area contributed by atoms with Gasteiger partial charge in [0.1, 0.15) is 5.02 Å². The van der Waals surface area contributed by atoms with Crippen LogP contribution in [0.1, 0.15) is 0 Å². The van der Waals surface area contributed by atoms with Gasteiger partial charge in [0.15, 0.2) is 0 Å². The number of nitrogens with one attached hydrogen (secondary N) is 1. The van der Waals surface area contributed by atoms with Crippen molar-refractivity contribution in [3.63, 3.8) is 0 Å². The maximum atomic E-state index is 11.2. The van der Waals surface area contributed by atoms with Crippen LogP contribution in [0.4, 0.5) is 0 Å². The molecule has 15 heavy (non-hydrogen) atoms. The number of aromatic nitrogens is 1. The third-order valence-electron chi connectivity index (χ3n) is 2.05. The first-order valence-corrected chi connectivity index (χ1v) is 4.73. The van der Waals surface area contributed by atoms with Crippen LogP contribution in [0.25, 0.3) is 11.1 Å². The van der Waals surface area contributed by atoms with E-state index in [-0.39, 0.29) is 16.5 Å². The summed E-state index contributed by atoms with van der Waals surface area (Å²) >= 11 is 5.88. The molecule has 0 radical (unpaired) electrons. The Hall–Kier alpha value is -1.74. The number of benzene rings is 1. The number of aromatic hydroxyl groups is 1. The molecule has 0 atom stereocenters. The van der Waals surface area contributed by atoms with Gasteiger partial charge in [-0.1, -0.05) is 41.9 Å². The van der Waals surface area contributed by atoms with Crippen molar-refractivity contribution < 1.29 is 5.11 Å². The molecule has 0 aliphatic carbocycles. The summed E-state index contributed by atoms with van der Waals surface area (Å²) in [5.41, 5.74) is 0.943. The minimum atomic E-state index is -0.379. The fraction of sp³-hybridized carbons (Fsp3) is 0. The Kier molecular flexibility index (Phi) is 2.47. The summed E-state index contributed by atoms with van der Waals surface area (Å²) < 4.78 is 0. The van der Waals surface area contributed by atoms with Crippen LogP contribution in [0.3, 0.4) is 0 Å². The van der Waals surface area contributed by atoms with Gasteiger partial charge in [-0.05, 0) is 5.56 Å². The highest BCUT2D eigenvalue weighted by molar-refractivity contribution is 6.34. The monoisotopic (exact) mass is 221 g/mol. The van der Waals surface area contributed by atoms with E-state index in [1.165, 1.54) is 6.07 Å². The first-order chi connectivity index (χ1) is 7.18. The summed E-state index contributed by atoms with van der Waals surface area (Å²) in [4.78, 5) is 13.4. The standard InChI is InChI=1S/C11H8ClNO2/c12-10-8(6-9(14)13-11(10)15)7-4-2-1-3-5-7/h1-6H,(H2,13,14,15). The van der Waals surface area contributed by atoms with Crippen LogP contribution in [0, 0.1) is 0 Å². The van der Waals surface area contributed by atoms with E-state index >= 15 is 0 Å². The van der Waals surface area contributed by atoms with Crippen molar-refractivity contribution in [2.75, 3.05) is 0 Å². The number of halogens is 1. The summed E-state index contributed by atoms with van der Waals surface area (Å²) in [6.45, 7) is 0. The van der Waals surface area contributed by atoms with Gasteiger partial charge in [-0.25, -0.2) is 0 Å². The van der Waals surface area contributed by atoms with Gasteiger partial charge < -0.3 is 5.11 Å². The molecule has 2 rings (SSSR count). The lowest BCUT2D eigenvalue weighted by molar-refractivity contribution is 0.452. The van der Waals surface area contributed by atoms with E-state index in [2.05, 4.69) is 4.98 Å². The number of hydrogen-bond donors (Lipinski definition) is 2. The molecule has 4 heteroatoms. The van der Waals surface area contributed by atoms with Crippen molar-refractivity contribution in [3.8, 4) is 17.0 Å². The van der Waals surface area contributed by atoms with Crippen molar-refractivity contribution in [2.24, 2.45) is 0 Å². The third-order valence-corrected chi connectivity index (χ3v) is 2.43. The second kappa shape index (κ2) is 3.79. The molecule has 0 bridgehead atoms. The van der Waals surface area contributed by atoms with Crippen LogP contribution in [0.5, 0.6) is 5.88 Å². The van der Waals surface area contributed by atoms with Gasteiger partial charge in [0.25, 0.3) is 5.56 Å². The van der Waals surface area contributed by atoms with Crippen LogP contribution in [0.2, 0.25) is 5.02 Å². The minimum absolute atomic E-state index is 0.154. The molecule has 0 spiro atoms. The second-order valence-electron chi connectivity index (χ2n) is 3.08. The highest BCUT2D eigenvalue weighted by Crippen LogP contribution is 2.31. The highest BCUT2D eigenvalue weighted by atomic mass is 35.5. The summed E-state index contributed by atoms with van der Waals surface area (Å²) in [5.74, 6) is -0.303. The van der Waals surface area contributed by atoms with E-state index in [1.54, 1.807) is 0 Å². The van der Waals surface area contributed by atoms with Crippen LogP contribution >= 0.6 is 11.6 Å². The zero-order valence-corrected chi connectivity index (χ0v) is 8.45. The average molecular weight is 222 g/mol. The molecule has 1 aromatic carbocycles. The van der Waals surface area contributed by atoms with E-state index in [9.17, 15) is 9.90 Å². The van der Waals surface area contributed by atoms with Gasteiger partial charge in [0.05, 0.1) is 0 Å². The van der Waals surface area contributed by atoms with Gasteiger partial charge in [0, 0.05) is 11.6 Å². The van der Waals surface area contributed by atoms with Crippen LogP contribution in [-0.2, 0) is 0 Å². The predicted molar refractivity (Wildman–Crippen MR) is 59.2 cm³/mol. The van der Waals surface area contributed by atoms with Crippen LogP contribution in [-0.4, -0.2) is 10.1 Å². The Morgan fingerprint density at radius 3 is 2.53 bits per heavy atom. The van der Waals surface area contributed by atoms with Crippen molar-refractivity contribution >= 4 is 11.6 Å². The molecule has 2 aromatic rings. The van der Waals surface area contributed by atoms with Crippen LogP contribution < -0.4 is 5.56 Å². The Bertz CT molecular complexity index is 534. The molecule has 0 saturated carbocycles. The molecule has 0 unspecified atom stereocenters. The van der Waals surface area contributed by atoms with Crippen molar-refractivity contribution in [2.45, 2.75) is 0 Å². The third kappa shape index (κ3) is 1.87. The zero-order valence-electron chi connectivity index (χ0n) is 7.70. The number of rotatable bonds is 1. The van der Waals surface area contributed by atoms with Crippen LogP contribution in [0.15, 0.2) is 41.2 Å². The van der Waals surface area contributed by atoms with Gasteiger partial charge in [0.2, 0.25) is 5.88 Å². The highest BCUT2D eigenvalue weighted by Gasteiger charge is 2.08. The average Bonchev–Trinajstić information content (AvgIpc) is 2.24. The molecule has 0 fully saturated rings. The topological polar surface area (TPSA) is 53.1 Å². The molecule has 2 N–H and O–H groups in total. The normalized spacial score (nSPS) is 10.2. The molecule has 0 aliphatic heterocycles. The van der Waals surface area contributed by atoms with Crippen molar-refractivity contribution in [3.05, 3.63) is 51.8 Å². The lowest BCUT2D eigenvalue weighted by Gasteiger charge is -2.04. The zero-order chi connectivity index (χ0) is 10.8.